The van der Waals surface area contributed by atoms with Gasteiger partial charge in [0.05, 0.1) is 0 Å². The van der Waals surface area contributed by atoms with E-state index in [1.54, 1.807) is 0 Å². The Morgan fingerprint density at radius 2 is 0.905 bits per heavy atom. The number of rotatable bonds is 19. The molecule has 0 unspecified atom stereocenters. The highest BCUT2D eigenvalue weighted by atomic mass is 15.2. The molecule has 0 amide bonds. The van der Waals surface area contributed by atoms with Crippen molar-refractivity contribution in [2.24, 2.45) is 0 Å². The summed E-state index contributed by atoms with van der Waals surface area (Å²) in [5.41, 5.74) is 25.5. The second kappa shape index (κ2) is 17.6. The molecule has 2 heteroatoms. The molecule has 0 aliphatic carbocycles. The van der Waals surface area contributed by atoms with Crippen molar-refractivity contribution in [3.8, 4) is 0 Å². The van der Waals surface area contributed by atoms with E-state index in [4.69, 9.17) is 0 Å². The Morgan fingerprint density at radius 1 is 0.500 bits per heavy atom. The average Bonchev–Trinajstić information content (AvgIpc) is 3.29. The third-order valence-corrected chi connectivity index (χ3v) is 9.38. The lowest BCUT2D eigenvalue weighted by Gasteiger charge is -2.16. The lowest BCUT2D eigenvalue weighted by Crippen LogP contribution is -2.06. The Kier molecular flexibility index (Phi) is 14.2. The first-order chi connectivity index (χ1) is 20.3. The van der Waals surface area contributed by atoms with Crippen LogP contribution in [0.2, 0.25) is 0 Å². The van der Waals surface area contributed by atoms with Gasteiger partial charge < -0.3 is 5.53 Å². The normalized spacial score (nSPS) is 13.4. The molecular formula is C40H60N2. The van der Waals surface area contributed by atoms with E-state index in [2.05, 4.69) is 78.8 Å². The van der Waals surface area contributed by atoms with E-state index in [9.17, 15) is 5.53 Å². The number of allylic oxidation sites excluding steroid dienone is 2. The number of unbranched alkanes of at least 4 members (excludes halogenated alkanes) is 11. The maximum atomic E-state index is 11.7. The second-order valence-corrected chi connectivity index (χ2v) is 13.0. The van der Waals surface area contributed by atoms with Crippen LogP contribution in [0.1, 0.15) is 162 Å². The number of hydrogen-bond donors (Lipinski definition) is 0. The van der Waals surface area contributed by atoms with Gasteiger partial charge in [-0.1, -0.05) is 91.4 Å². The van der Waals surface area contributed by atoms with Gasteiger partial charge in [-0.3, -0.25) is 0 Å². The van der Waals surface area contributed by atoms with Crippen LogP contribution in [0.3, 0.4) is 0 Å². The molecule has 0 atom stereocenters. The smallest absolute Gasteiger partial charge is 0.210 e. The first-order valence-electron chi connectivity index (χ1n) is 17.5. The SMILES string of the molecule is CCCCCCCCc1c(C)cc(C2=CC(CCCC)=C(c3cc(C)c(CCCCCCCC)c(C)c3)[N+]2=[N-])cc1C. The van der Waals surface area contributed by atoms with Crippen molar-refractivity contribution in [2.75, 3.05) is 0 Å². The summed E-state index contributed by atoms with van der Waals surface area (Å²) in [6.45, 7) is 15.8. The molecule has 1 heterocycles. The van der Waals surface area contributed by atoms with E-state index in [0.717, 1.165) is 54.6 Å². The van der Waals surface area contributed by atoms with Crippen molar-refractivity contribution in [3.63, 3.8) is 0 Å². The number of hydrogen-bond acceptors (Lipinski definition) is 0. The molecule has 0 bridgehead atoms. The van der Waals surface area contributed by atoms with Gasteiger partial charge in [-0.25, -0.2) is 4.70 Å². The lowest BCUT2D eigenvalue weighted by molar-refractivity contribution is -0.344. The Morgan fingerprint density at radius 3 is 1.36 bits per heavy atom. The molecule has 0 radical (unpaired) electrons. The van der Waals surface area contributed by atoms with Gasteiger partial charge in [0.2, 0.25) is 11.4 Å². The Bertz CT molecular complexity index is 1200. The second-order valence-electron chi connectivity index (χ2n) is 13.0. The fourth-order valence-electron chi connectivity index (χ4n) is 6.85. The van der Waals surface area contributed by atoms with Gasteiger partial charge in [0.15, 0.2) is 0 Å². The third kappa shape index (κ3) is 9.26. The van der Waals surface area contributed by atoms with Crippen molar-refractivity contribution >= 4 is 11.4 Å². The molecule has 1 aliphatic rings. The van der Waals surface area contributed by atoms with Crippen LogP contribution >= 0.6 is 0 Å². The summed E-state index contributed by atoms with van der Waals surface area (Å²) < 4.78 is 1.49. The van der Waals surface area contributed by atoms with Crippen molar-refractivity contribution in [1.82, 2.24) is 0 Å². The average molecular weight is 569 g/mol. The summed E-state index contributed by atoms with van der Waals surface area (Å²) in [4.78, 5) is 0. The fraction of sp³-hybridized carbons (Fsp3) is 0.600. The predicted octanol–water partition coefficient (Wildman–Crippen LogP) is 12.7. The summed E-state index contributed by atoms with van der Waals surface area (Å²) in [6, 6.07) is 9.24. The fourth-order valence-corrected chi connectivity index (χ4v) is 6.85. The van der Waals surface area contributed by atoms with Crippen LogP contribution in [0.4, 0.5) is 0 Å². The summed E-state index contributed by atoms with van der Waals surface area (Å²) in [6.07, 6.45) is 23.7. The molecular weight excluding hydrogens is 508 g/mol. The Hall–Kier alpha value is -2.48. The standard InChI is InChI=1S/C40H60N2/c1-8-11-14-16-18-20-23-37-30(4)25-35(26-31(37)5)39-29-34(22-13-10-3)40(42(39)41)36-27-32(6)38(33(7)28-36)24-21-19-17-15-12-9-2/h25-29H,8-24H2,1-7H3. The zero-order valence-corrected chi connectivity index (χ0v) is 28.3. The minimum atomic E-state index is 0.917. The maximum Gasteiger partial charge on any atom is 0.210 e. The van der Waals surface area contributed by atoms with E-state index in [1.165, 1.54) is 121 Å². The highest BCUT2D eigenvalue weighted by molar-refractivity contribution is 5.79. The minimum Gasteiger partial charge on any atom is -0.493 e. The highest BCUT2D eigenvalue weighted by Crippen LogP contribution is 2.39. The van der Waals surface area contributed by atoms with Crippen molar-refractivity contribution in [2.45, 2.75) is 158 Å². The van der Waals surface area contributed by atoms with Crippen LogP contribution in [-0.2, 0) is 12.8 Å². The maximum absolute atomic E-state index is 11.7. The zero-order chi connectivity index (χ0) is 30.5. The summed E-state index contributed by atoms with van der Waals surface area (Å²) in [7, 11) is 0. The van der Waals surface area contributed by atoms with Gasteiger partial charge in [0.25, 0.3) is 0 Å². The minimum absolute atomic E-state index is 0.917. The van der Waals surface area contributed by atoms with E-state index >= 15 is 0 Å². The summed E-state index contributed by atoms with van der Waals surface area (Å²) in [5.74, 6) is 0. The Balaban J connectivity index is 1.79. The molecule has 0 saturated carbocycles. The molecule has 2 aromatic carbocycles. The van der Waals surface area contributed by atoms with Crippen molar-refractivity contribution in [3.05, 3.63) is 86.0 Å². The van der Waals surface area contributed by atoms with Crippen LogP contribution < -0.4 is 0 Å². The van der Waals surface area contributed by atoms with E-state index in [1.807, 2.05) is 0 Å². The van der Waals surface area contributed by atoms with Crippen LogP contribution in [0.5, 0.6) is 0 Å². The monoisotopic (exact) mass is 568 g/mol. The molecule has 42 heavy (non-hydrogen) atoms. The Labute approximate surface area is 259 Å². The largest absolute Gasteiger partial charge is 0.493 e. The molecule has 2 nitrogen and oxygen atoms in total. The lowest BCUT2D eigenvalue weighted by atomic mass is 9.92. The molecule has 3 rings (SSSR count). The van der Waals surface area contributed by atoms with Crippen LogP contribution in [-0.4, -0.2) is 4.70 Å². The van der Waals surface area contributed by atoms with E-state index in [0.29, 0.717) is 0 Å². The number of aryl methyl sites for hydroxylation is 4. The third-order valence-electron chi connectivity index (χ3n) is 9.38. The highest BCUT2D eigenvalue weighted by Gasteiger charge is 2.30. The number of nitrogens with zero attached hydrogens (tertiary/aromatic N) is 2. The quantitative estimate of drug-likeness (QED) is 0.119. The van der Waals surface area contributed by atoms with Crippen molar-refractivity contribution < 1.29 is 4.70 Å². The van der Waals surface area contributed by atoms with Gasteiger partial charge in [0.1, 0.15) is 0 Å². The molecule has 0 aromatic heterocycles. The first kappa shape index (κ1) is 34.0. The van der Waals surface area contributed by atoms with Crippen LogP contribution in [0, 0.1) is 27.7 Å². The van der Waals surface area contributed by atoms with Crippen molar-refractivity contribution in [1.29, 1.82) is 0 Å². The van der Waals surface area contributed by atoms with Gasteiger partial charge in [0, 0.05) is 22.8 Å². The predicted molar refractivity (Wildman–Crippen MR) is 184 cm³/mol. The van der Waals surface area contributed by atoms with Gasteiger partial charge in [-0.2, -0.15) is 0 Å². The first-order valence-corrected chi connectivity index (χ1v) is 17.5. The molecule has 0 spiro atoms. The van der Waals surface area contributed by atoms with Crippen LogP contribution in [0.25, 0.3) is 16.9 Å². The summed E-state index contributed by atoms with van der Waals surface area (Å²) in [5, 5.41) is 0. The zero-order valence-electron chi connectivity index (χ0n) is 28.3. The summed E-state index contributed by atoms with van der Waals surface area (Å²) >= 11 is 0. The molecule has 0 fully saturated rings. The van der Waals surface area contributed by atoms with Crippen LogP contribution in [0.15, 0.2) is 35.9 Å². The van der Waals surface area contributed by atoms with E-state index < -0.39 is 0 Å². The molecule has 0 saturated heterocycles. The van der Waals surface area contributed by atoms with Gasteiger partial charge >= 0.3 is 0 Å². The topological polar surface area (TPSA) is 25.3 Å². The molecule has 2 aromatic rings. The number of benzene rings is 2. The molecule has 0 N–H and O–H groups in total. The molecule has 1 aliphatic heterocycles. The van der Waals surface area contributed by atoms with Gasteiger partial charge in [-0.15, -0.1) is 0 Å². The van der Waals surface area contributed by atoms with E-state index in [-0.39, 0.29) is 0 Å². The molecule has 230 valence electrons. The van der Waals surface area contributed by atoms with Gasteiger partial charge in [-0.05, 0) is 124 Å².